The van der Waals surface area contributed by atoms with Crippen LogP contribution in [0.5, 0.6) is 11.8 Å². The van der Waals surface area contributed by atoms with Gasteiger partial charge in [-0.3, -0.25) is 20.2 Å². The van der Waals surface area contributed by atoms with Crippen LogP contribution in [0.2, 0.25) is 0 Å². The molecule has 0 aromatic carbocycles. The first kappa shape index (κ1) is 43.1. The van der Waals surface area contributed by atoms with Gasteiger partial charge in [0.25, 0.3) is 11.8 Å². The maximum absolute atomic E-state index is 12.3. The molecule has 3 N–H and O–H groups in total. The van der Waals surface area contributed by atoms with Gasteiger partial charge < -0.3 is 42.0 Å². The van der Waals surface area contributed by atoms with Gasteiger partial charge in [0.15, 0.2) is 0 Å². The van der Waals surface area contributed by atoms with E-state index < -0.39 is 21.5 Å². The molecule has 0 radical (unpaired) electrons. The molecule has 0 aliphatic heterocycles. The Morgan fingerprint density at radius 2 is 1.12 bits per heavy atom. The van der Waals surface area contributed by atoms with E-state index in [1.807, 2.05) is 0 Å². The second-order valence-electron chi connectivity index (χ2n) is 10.7. The summed E-state index contributed by atoms with van der Waals surface area (Å²) in [6, 6.07) is 8.85. The average Bonchev–Trinajstić information content (AvgIpc) is 3.00. The Morgan fingerprint density at radius 1 is 0.714 bits per heavy atom. The monoisotopic (exact) mass is 783 g/mol. The van der Waals surface area contributed by atoms with Crippen molar-refractivity contribution in [3.05, 3.63) is 88.6 Å². The van der Waals surface area contributed by atoms with E-state index >= 15 is 0 Å². The van der Waals surface area contributed by atoms with Crippen LogP contribution >= 0.6 is 0 Å². The summed E-state index contributed by atoms with van der Waals surface area (Å²) in [5.74, 6) is -0.424. The van der Waals surface area contributed by atoms with Crippen LogP contribution < -0.4 is 15.2 Å². The van der Waals surface area contributed by atoms with Gasteiger partial charge in [0.1, 0.15) is 12.2 Å². The molecule has 6 rings (SSSR count). The molecule has 3 saturated carbocycles. The summed E-state index contributed by atoms with van der Waals surface area (Å²) >= 11 is 0. The molecule has 16 nitrogen and oxygen atoms in total. The molecule has 0 amide bonds. The zero-order chi connectivity index (χ0) is 34.3. The largest absolute Gasteiger partial charge is 0.473 e. The van der Waals surface area contributed by atoms with E-state index in [0.717, 1.165) is 50.8 Å². The summed E-state index contributed by atoms with van der Waals surface area (Å²) in [5.41, 5.74) is 5.60. The molecule has 3 aliphatic rings. The number of nitrogens with zero attached hydrogens (tertiary/aromatic N) is 5. The maximum Gasteiger partial charge on any atom is 0.330 e. The fourth-order valence-corrected chi connectivity index (χ4v) is 4.29. The first-order valence-electron chi connectivity index (χ1n) is 14.7. The minimum atomic E-state index is -1.05. The van der Waals surface area contributed by atoms with Gasteiger partial charge in [0, 0.05) is 98.2 Å². The van der Waals surface area contributed by atoms with Gasteiger partial charge >= 0.3 is 11.4 Å². The first-order valence-corrected chi connectivity index (χ1v) is 14.7. The fourth-order valence-electron chi connectivity index (χ4n) is 4.29. The van der Waals surface area contributed by atoms with Crippen LogP contribution in [-0.2, 0) is 34.6 Å². The van der Waals surface area contributed by atoms with Crippen molar-refractivity contribution in [1.82, 2.24) is 15.0 Å². The quantitative estimate of drug-likeness (QED) is 0.100. The maximum atomic E-state index is 12.3. The molecule has 0 bridgehead atoms. The number of rotatable bonds is 9. The number of methoxy groups -OCH3 is 3. The Kier molecular flexibility index (Phi) is 19.3. The number of nitrogen functional groups attached to an aromatic ring is 1. The van der Waals surface area contributed by atoms with Crippen molar-refractivity contribution in [3.8, 4) is 11.8 Å². The number of nitro groups is 2. The van der Waals surface area contributed by atoms with E-state index in [9.17, 15) is 24.6 Å². The molecule has 3 aromatic rings. The van der Waals surface area contributed by atoms with Gasteiger partial charge in [-0.1, -0.05) is 0 Å². The van der Waals surface area contributed by atoms with Crippen LogP contribution in [0.3, 0.4) is 0 Å². The number of aliphatic hydroxyl groups excluding tert-OH is 1. The van der Waals surface area contributed by atoms with Crippen molar-refractivity contribution >= 4 is 17.1 Å². The average molecular weight is 784 g/mol. The molecule has 0 atom stereocenters. The molecule has 18 heteroatoms. The van der Waals surface area contributed by atoms with E-state index in [4.69, 9.17) is 34.5 Å². The van der Waals surface area contributed by atoms with E-state index in [2.05, 4.69) is 15.0 Å². The van der Waals surface area contributed by atoms with Crippen molar-refractivity contribution in [2.24, 2.45) is 0 Å². The Labute approximate surface area is 297 Å². The van der Waals surface area contributed by atoms with Gasteiger partial charge in [-0.15, -0.1) is 0 Å². The minimum Gasteiger partial charge on any atom is -0.473 e. The van der Waals surface area contributed by atoms with E-state index in [0.29, 0.717) is 23.8 Å². The van der Waals surface area contributed by atoms with Gasteiger partial charge in [0.2, 0.25) is 5.88 Å². The number of aromatic nitrogens is 3. The number of halogens is 1. The number of anilines is 1. The number of hydrogen-bond acceptors (Lipinski definition) is 14. The Hall–Kier alpha value is -3.92. The predicted octanol–water partition coefficient (Wildman–Crippen LogP) is 4.50. The second-order valence-corrected chi connectivity index (χ2v) is 10.7. The van der Waals surface area contributed by atoms with Crippen LogP contribution in [0.1, 0.15) is 38.5 Å². The third kappa shape index (κ3) is 13.8. The number of pyridine rings is 3. The molecular formula is C31H42FN6O10Pd-. The van der Waals surface area contributed by atoms with E-state index in [-0.39, 0.29) is 63.8 Å². The van der Waals surface area contributed by atoms with Crippen molar-refractivity contribution < 1.29 is 63.5 Å². The molecule has 0 saturated heterocycles. The zero-order valence-electron chi connectivity index (χ0n) is 27.5. The van der Waals surface area contributed by atoms with Gasteiger partial charge in [-0.2, -0.15) is 4.39 Å². The van der Waals surface area contributed by atoms with Crippen molar-refractivity contribution in [3.63, 3.8) is 0 Å². The molecule has 3 heterocycles. The Bertz CT molecular complexity index is 1430. The van der Waals surface area contributed by atoms with Crippen molar-refractivity contribution in [2.45, 2.75) is 75.1 Å². The Balaban J connectivity index is 0.000000335. The third-order valence-corrected chi connectivity index (χ3v) is 7.41. The van der Waals surface area contributed by atoms with Crippen LogP contribution in [0.4, 0.5) is 21.5 Å². The molecule has 3 fully saturated rings. The molecule has 49 heavy (non-hydrogen) atoms. The van der Waals surface area contributed by atoms with Crippen molar-refractivity contribution in [1.29, 1.82) is 0 Å². The van der Waals surface area contributed by atoms with Gasteiger partial charge in [0.05, 0.1) is 39.9 Å². The summed E-state index contributed by atoms with van der Waals surface area (Å²) in [7, 11) is 5.04. The van der Waals surface area contributed by atoms with Crippen LogP contribution in [-0.4, -0.2) is 87.9 Å². The predicted molar refractivity (Wildman–Crippen MR) is 172 cm³/mol. The van der Waals surface area contributed by atoms with Crippen LogP contribution in [0, 0.1) is 33.6 Å². The normalized spacial score (nSPS) is 22.6. The minimum absolute atomic E-state index is 0. The van der Waals surface area contributed by atoms with Crippen LogP contribution in [0.15, 0.2) is 55.0 Å². The Morgan fingerprint density at radius 3 is 1.51 bits per heavy atom. The molecular weight excluding hydrogens is 742 g/mol. The number of aliphatic hydroxyl groups is 1. The zero-order valence-corrected chi connectivity index (χ0v) is 29.1. The standard InChI is InChI=1S/C10H12N2O4.C10H14N2O2.C5H3FN2O2.C5H10O2.CH3.Pd/c1-15-7-5-8(6-7)16-10-9(12(13)14)3-2-4-11-10;1-13-7-5-8(6-7)14-10-9(11)3-2-4-12-10;6-5-4(8(9)10)2-1-3-7-5;1-7-5-2-4(6)3-5;;/h2-4,7-8H,5-6H2,1H3;2-4,7-8H,5-6,11H2,1H3;1-3H;4-6H,2-3H2,1H3;1H3;/q;;;;-1;. The second kappa shape index (κ2) is 21.9. The van der Waals surface area contributed by atoms with E-state index in [1.165, 1.54) is 24.4 Å². The van der Waals surface area contributed by atoms with Gasteiger partial charge in [-0.05, 0) is 37.1 Å². The summed E-state index contributed by atoms with van der Waals surface area (Å²) < 4.78 is 38.5. The summed E-state index contributed by atoms with van der Waals surface area (Å²) in [6.07, 6.45) is 10.3. The molecule has 0 spiro atoms. The fraction of sp³-hybridized carbons (Fsp3) is 0.484. The molecule has 3 aliphatic carbocycles. The van der Waals surface area contributed by atoms with Crippen LogP contribution in [0.25, 0.3) is 0 Å². The molecule has 3 aromatic heterocycles. The first-order chi connectivity index (χ1) is 22.5. The molecule has 0 unspecified atom stereocenters. The van der Waals surface area contributed by atoms with E-state index in [1.54, 1.807) is 39.7 Å². The number of hydrogen-bond donors (Lipinski definition) is 2. The smallest absolute Gasteiger partial charge is 0.330 e. The SMILES string of the molecule is COC1CC(O)C1.COC1CC(Oc2ncccc2N)C1.COC1CC(Oc2ncccc2[N+](=O)[O-])C1.O=[N+]([O-])c1cccnc1F.[CH3-].[Pd]. The summed E-state index contributed by atoms with van der Waals surface area (Å²) in [4.78, 5) is 30.4. The summed E-state index contributed by atoms with van der Waals surface area (Å²) in [5, 5.41) is 29.3. The third-order valence-electron chi connectivity index (χ3n) is 7.41. The van der Waals surface area contributed by atoms with Gasteiger partial charge in [-0.25, -0.2) is 15.0 Å². The summed E-state index contributed by atoms with van der Waals surface area (Å²) in [6.45, 7) is 0. The topological polar surface area (TPSA) is 217 Å². The molecule has 274 valence electrons. The van der Waals surface area contributed by atoms with Crippen molar-refractivity contribution in [2.75, 3.05) is 27.1 Å². The number of ether oxygens (including phenoxy) is 5. The number of nitrogens with two attached hydrogens (primary N) is 1.